The van der Waals surface area contributed by atoms with Crippen LogP contribution in [0.25, 0.3) is 6.08 Å². The van der Waals surface area contributed by atoms with E-state index in [0.717, 1.165) is 11.3 Å². The molecule has 0 aliphatic heterocycles. The van der Waals surface area contributed by atoms with Crippen molar-refractivity contribution in [2.45, 2.75) is 13.0 Å². The predicted molar refractivity (Wildman–Crippen MR) is 127 cm³/mol. The molecule has 0 aliphatic rings. The Bertz CT molecular complexity index is 1000. The summed E-state index contributed by atoms with van der Waals surface area (Å²) in [6, 6.07) is 24.5. The standard InChI is InChI=1S/C26H28N2O3/c1-4-28(21-13-9-6-10-14-21)26(29)24(17-15-20-11-7-5-8-12-20)27-23-18-16-22(30-2)19-25(23)31-3/h5-19,24,27H,4H2,1-3H3/b17-15+/t24-/m0/s1. The van der Waals surface area contributed by atoms with E-state index in [1.54, 1.807) is 25.2 Å². The van der Waals surface area contributed by atoms with Crippen molar-refractivity contribution in [3.8, 4) is 11.5 Å². The zero-order valence-electron chi connectivity index (χ0n) is 18.1. The van der Waals surface area contributed by atoms with E-state index in [0.29, 0.717) is 23.7 Å². The number of anilines is 2. The van der Waals surface area contributed by atoms with Crippen LogP contribution in [0.5, 0.6) is 11.5 Å². The molecule has 0 fully saturated rings. The SMILES string of the molecule is CCN(C(=O)[C@H](/C=C/c1ccccc1)Nc1ccc(OC)cc1OC)c1ccccc1. The Labute approximate surface area is 183 Å². The minimum atomic E-state index is -0.595. The molecule has 1 atom stereocenters. The Morgan fingerprint density at radius 1 is 0.968 bits per heavy atom. The van der Waals surface area contributed by atoms with Crippen LogP contribution < -0.4 is 19.7 Å². The van der Waals surface area contributed by atoms with Crippen molar-refractivity contribution in [2.24, 2.45) is 0 Å². The number of hydrogen-bond donors (Lipinski definition) is 1. The maximum atomic E-state index is 13.6. The first kappa shape index (κ1) is 22.0. The highest BCUT2D eigenvalue weighted by Gasteiger charge is 2.23. The molecule has 0 heterocycles. The lowest BCUT2D eigenvalue weighted by molar-refractivity contribution is -0.118. The summed E-state index contributed by atoms with van der Waals surface area (Å²) < 4.78 is 10.8. The summed E-state index contributed by atoms with van der Waals surface area (Å²) in [5, 5.41) is 3.35. The second-order valence-electron chi connectivity index (χ2n) is 6.88. The third kappa shape index (κ3) is 5.66. The van der Waals surface area contributed by atoms with Gasteiger partial charge in [-0.25, -0.2) is 0 Å². The fourth-order valence-electron chi connectivity index (χ4n) is 3.29. The van der Waals surface area contributed by atoms with Crippen LogP contribution in [0.4, 0.5) is 11.4 Å². The second kappa shape index (κ2) is 10.9. The minimum Gasteiger partial charge on any atom is -0.497 e. The highest BCUT2D eigenvalue weighted by Crippen LogP contribution is 2.30. The van der Waals surface area contributed by atoms with Crippen molar-refractivity contribution < 1.29 is 14.3 Å². The van der Waals surface area contributed by atoms with Gasteiger partial charge in [0.05, 0.1) is 19.9 Å². The van der Waals surface area contributed by atoms with E-state index in [9.17, 15) is 4.79 Å². The first-order valence-corrected chi connectivity index (χ1v) is 10.2. The summed E-state index contributed by atoms with van der Waals surface area (Å²) in [5.74, 6) is 1.23. The van der Waals surface area contributed by atoms with Crippen LogP contribution >= 0.6 is 0 Å². The Balaban J connectivity index is 1.94. The smallest absolute Gasteiger partial charge is 0.253 e. The monoisotopic (exact) mass is 416 g/mol. The molecule has 1 amide bonds. The van der Waals surface area contributed by atoms with Crippen LogP contribution in [0.15, 0.2) is 84.9 Å². The van der Waals surface area contributed by atoms with Gasteiger partial charge in [0.2, 0.25) is 0 Å². The molecule has 0 saturated heterocycles. The van der Waals surface area contributed by atoms with Crippen LogP contribution in [-0.4, -0.2) is 32.7 Å². The van der Waals surface area contributed by atoms with Crippen LogP contribution in [0.1, 0.15) is 12.5 Å². The zero-order chi connectivity index (χ0) is 22.1. The van der Waals surface area contributed by atoms with Crippen molar-refractivity contribution >= 4 is 23.4 Å². The Morgan fingerprint density at radius 3 is 2.26 bits per heavy atom. The van der Waals surface area contributed by atoms with Crippen molar-refractivity contribution in [3.05, 3.63) is 90.5 Å². The second-order valence-corrected chi connectivity index (χ2v) is 6.88. The van der Waals surface area contributed by atoms with E-state index >= 15 is 0 Å². The number of amides is 1. The van der Waals surface area contributed by atoms with Gasteiger partial charge in [-0.1, -0.05) is 60.7 Å². The quantitative estimate of drug-likeness (QED) is 0.518. The highest BCUT2D eigenvalue weighted by molar-refractivity contribution is 6.00. The van der Waals surface area contributed by atoms with Gasteiger partial charge in [0.1, 0.15) is 17.5 Å². The molecule has 0 aromatic heterocycles. The first-order valence-electron chi connectivity index (χ1n) is 10.2. The molecule has 5 heteroatoms. The van der Waals surface area contributed by atoms with E-state index in [2.05, 4.69) is 5.32 Å². The number of benzene rings is 3. The number of nitrogens with zero attached hydrogens (tertiary/aromatic N) is 1. The number of methoxy groups -OCH3 is 2. The number of rotatable bonds is 9. The number of hydrogen-bond acceptors (Lipinski definition) is 4. The largest absolute Gasteiger partial charge is 0.497 e. The molecular formula is C26H28N2O3. The van der Waals surface area contributed by atoms with Crippen molar-refractivity contribution in [2.75, 3.05) is 31.0 Å². The van der Waals surface area contributed by atoms with E-state index in [4.69, 9.17) is 9.47 Å². The summed E-state index contributed by atoms with van der Waals surface area (Å²) in [5.41, 5.74) is 2.59. The molecule has 0 saturated carbocycles. The van der Waals surface area contributed by atoms with Gasteiger partial charge in [-0.15, -0.1) is 0 Å². The third-order valence-corrected chi connectivity index (χ3v) is 4.92. The molecule has 3 rings (SSSR count). The molecule has 0 aliphatic carbocycles. The van der Waals surface area contributed by atoms with E-state index in [1.807, 2.05) is 91.9 Å². The topological polar surface area (TPSA) is 50.8 Å². The molecule has 0 unspecified atom stereocenters. The average molecular weight is 417 g/mol. The van der Waals surface area contributed by atoms with Crippen LogP contribution in [0.3, 0.4) is 0 Å². The van der Waals surface area contributed by atoms with Crippen LogP contribution in [-0.2, 0) is 4.79 Å². The summed E-state index contributed by atoms with van der Waals surface area (Å²) >= 11 is 0. The number of ether oxygens (including phenoxy) is 2. The zero-order valence-corrected chi connectivity index (χ0v) is 18.1. The fourth-order valence-corrected chi connectivity index (χ4v) is 3.29. The van der Waals surface area contributed by atoms with Gasteiger partial charge in [0, 0.05) is 18.3 Å². The molecule has 0 spiro atoms. The number of para-hydroxylation sites is 1. The Kier molecular flexibility index (Phi) is 7.71. The summed E-state index contributed by atoms with van der Waals surface area (Å²) in [6.07, 6.45) is 3.83. The maximum Gasteiger partial charge on any atom is 0.253 e. The van der Waals surface area contributed by atoms with Crippen molar-refractivity contribution in [1.82, 2.24) is 0 Å². The minimum absolute atomic E-state index is 0.0567. The summed E-state index contributed by atoms with van der Waals surface area (Å²) in [6.45, 7) is 2.52. The summed E-state index contributed by atoms with van der Waals surface area (Å²) in [7, 11) is 3.20. The molecule has 3 aromatic rings. The molecule has 0 bridgehead atoms. The Morgan fingerprint density at radius 2 is 1.65 bits per heavy atom. The lowest BCUT2D eigenvalue weighted by Gasteiger charge is -2.26. The van der Waals surface area contributed by atoms with Gasteiger partial charge in [0.15, 0.2) is 0 Å². The lowest BCUT2D eigenvalue weighted by atomic mass is 10.1. The van der Waals surface area contributed by atoms with Gasteiger partial charge in [0.25, 0.3) is 5.91 Å². The van der Waals surface area contributed by atoms with Gasteiger partial charge in [-0.05, 0) is 36.8 Å². The molecule has 31 heavy (non-hydrogen) atoms. The number of likely N-dealkylation sites (N-methyl/N-ethyl adjacent to an activating group) is 1. The van der Waals surface area contributed by atoms with Crippen LogP contribution in [0, 0.1) is 0 Å². The van der Waals surface area contributed by atoms with Gasteiger partial charge >= 0.3 is 0 Å². The fraction of sp³-hybridized carbons (Fsp3) is 0.192. The van der Waals surface area contributed by atoms with Crippen molar-refractivity contribution in [3.63, 3.8) is 0 Å². The highest BCUT2D eigenvalue weighted by atomic mass is 16.5. The maximum absolute atomic E-state index is 13.6. The van der Waals surface area contributed by atoms with E-state index < -0.39 is 6.04 Å². The molecule has 160 valence electrons. The first-order chi connectivity index (χ1) is 15.2. The molecule has 3 aromatic carbocycles. The number of carbonyl (C=O) groups is 1. The van der Waals surface area contributed by atoms with Crippen LogP contribution in [0.2, 0.25) is 0 Å². The van der Waals surface area contributed by atoms with Gasteiger partial charge in [-0.3, -0.25) is 4.79 Å². The van der Waals surface area contributed by atoms with Gasteiger partial charge < -0.3 is 19.7 Å². The van der Waals surface area contributed by atoms with Crippen molar-refractivity contribution in [1.29, 1.82) is 0 Å². The van der Waals surface area contributed by atoms with Gasteiger partial charge in [-0.2, -0.15) is 0 Å². The number of nitrogens with one attached hydrogen (secondary N) is 1. The number of carbonyl (C=O) groups excluding carboxylic acids is 1. The third-order valence-electron chi connectivity index (χ3n) is 4.92. The average Bonchev–Trinajstić information content (AvgIpc) is 2.83. The lowest BCUT2D eigenvalue weighted by Crippen LogP contribution is -2.42. The molecule has 5 nitrogen and oxygen atoms in total. The molecule has 0 radical (unpaired) electrons. The summed E-state index contributed by atoms with van der Waals surface area (Å²) in [4.78, 5) is 15.3. The predicted octanol–water partition coefficient (Wildman–Crippen LogP) is 5.25. The Hall–Kier alpha value is -3.73. The van der Waals surface area contributed by atoms with E-state index in [-0.39, 0.29) is 5.91 Å². The normalized spacial score (nSPS) is 11.7. The molecular weight excluding hydrogens is 388 g/mol. The molecule has 1 N–H and O–H groups in total. The van der Waals surface area contributed by atoms with E-state index in [1.165, 1.54) is 0 Å².